The SMILES string of the molecule is Cc1ccc([C@H](C)NS(=O)(=O)CCCCCl)cc1. The van der Waals surface area contributed by atoms with Crippen LogP contribution in [0.3, 0.4) is 0 Å². The summed E-state index contributed by atoms with van der Waals surface area (Å²) in [6.07, 6.45) is 1.32. The van der Waals surface area contributed by atoms with Crippen LogP contribution in [0.4, 0.5) is 0 Å². The monoisotopic (exact) mass is 289 g/mol. The molecule has 0 spiro atoms. The fourth-order valence-electron chi connectivity index (χ4n) is 1.64. The molecule has 0 aliphatic carbocycles. The molecule has 0 saturated carbocycles. The van der Waals surface area contributed by atoms with Gasteiger partial charge in [-0.05, 0) is 32.3 Å². The van der Waals surface area contributed by atoms with Gasteiger partial charge in [0, 0.05) is 11.9 Å². The Bertz CT molecular complexity index is 456. The Kier molecular flexibility index (Phi) is 6.12. The topological polar surface area (TPSA) is 46.2 Å². The van der Waals surface area contributed by atoms with E-state index in [0.29, 0.717) is 12.3 Å². The molecule has 0 bridgehead atoms. The van der Waals surface area contributed by atoms with Crippen LogP contribution in [0.15, 0.2) is 24.3 Å². The maximum absolute atomic E-state index is 11.8. The quantitative estimate of drug-likeness (QED) is 0.619. The lowest BCUT2D eigenvalue weighted by atomic mass is 10.1. The van der Waals surface area contributed by atoms with Crippen LogP contribution in [0.25, 0.3) is 0 Å². The fraction of sp³-hybridized carbons (Fsp3) is 0.538. The van der Waals surface area contributed by atoms with Gasteiger partial charge in [0.1, 0.15) is 0 Å². The molecule has 3 nitrogen and oxygen atoms in total. The van der Waals surface area contributed by atoms with Crippen LogP contribution in [0.5, 0.6) is 0 Å². The highest BCUT2D eigenvalue weighted by Crippen LogP contribution is 2.14. The third kappa shape index (κ3) is 5.38. The van der Waals surface area contributed by atoms with Crippen molar-refractivity contribution in [3.63, 3.8) is 0 Å². The predicted octanol–water partition coefficient (Wildman–Crippen LogP) is 2.99. The zero-order valence-electron chi connectivity index (χ0n) is 10.8. The molecule has 1 aromatic carbocycles. The molecule has 0 unspecified atom stereocenters. The molecule has 0 amide bonds. The molecule has 1 atom stereocenters. The Morgan fingerprint density at radius 1 is 1.22 bits per heavy atom. The van der Waals surface area contributed by atoms with Crippen LogP contribution >= 0.6 is 11.6 Å². The third-order valence-corrected chi connectivity index (χ3v) is 4.54. The van der Waals surface area contributed by atoms with Gasteiger partial charge in [0.2, 0.25) is 10.0 Å². The molecule has 0 aromatic heterocycles. The summed E-state index contributed by atoms with van der Waals surface area (Å²) >= 11 is 5.53. The molecule has 0 heterocycles. The van der Waals surface area contributed by atoms with E-state index in [4.69, 9.17) is 11.6 Å². The molecular formula is C13H20ClNO2S. The standard InChI is InChI=1S/C13H20ClNO2S/c1-11-5-7-13(8-6-11)12(2)15-18(16,17)10-4-3-9-14/h5-8,12,15H,3-4,9-10H2,1-2H3/t12-/m0/s1. The number of rotatable bonds is 7. The van der Waals surface area contributed by atoms with Crippen molar-refractivity contribution in [2.24, 2.45) is 0 Å². The fourth-order valence-corrected chi connectivity index (χ4v) is 3.20. The Morgan fingerprint density at radius 2 is 1.83 bits per heavy atom. The minimum Gasteiger partial charge on any atom is -0.212 e. The first kappa shape index (κ1) is 15.5. The van der Waals surface area contributed by atoms with Crippen molar-refractivity contribution in [1.82, 2.24) is 4.72 Å². The number of hydrogen-bond donors (Lipinski definition) is 1. The van der Waals surface area contributed by atoms with Crippen molar-refractivity contribution in [3.8, 4) is 0 Å². The second-order valence-electron chi connectivity index (χ2n) is 4.47. The van der Waals surface area contributed by atoms with Crippen molar-refractivity contribution < 1.29 is 8.42 Å². The number of nitrogens with one attached hydrogen (secondary N) is 1. The summed E-state index contributed by atoms with van der Waals surface area (Å²) in [6, 6.07) is 7.65. The highest BCUT2D eigenvalue weighted by atomic mass is 35.5. The van der Waals surface area contributed by atoms with E-state index in [1.807, 2.05) is 38.1 Å². The molecule has 1 rings (SSSR count). The molecule has 0 aliphatic rings. The Labute approximate surface area is 115 Å². The normalized spacial score (nSPS) is 13.5. The highest BCUT2D eigenvalue weighted by molar-refractivity contribution is 7.89. The highest BCUT2D eigenvalue weighted by Gasteiger charge is 2.15. The summed E-state index contributed by atoms with van der Waals surface area (Å²) in [4.78, 5) is 0. The zero-order valence-corrected chi connectivity index (χ0v) is 12.4. The van der Waals surface area contributed by atoms with Gasteiger partial charge in [-0.25, -0.2) is 13.1 Å². The van der Waals surface area contributed by atoms with E-state index in [1.54, 1.807) is 0 Å². The van der Waals surface area contributed by atoms with Gasteiger partial charge in [-0.1, -0.05) is 29.8 Å². The second kappa shape index (κ2) is 7.12. The number of halogens is 1. The van der Waals surface area contributed by atoms with Crippen molar-refractivity contribution in [2.75, 3.05) is 11.6 Å². The Hall–Kier alpha value is -0.580. The van der Waals surface area contributed by atoms with Crippen molar-refractivity contribution >= 4 is 21.6 Å². The van der Waals surface area contributed by atoms with Gasteiger partial charge in [0.25, 0.3) is 0 Å². The van der Waals surface area contributed by atoms with Crippen molar-refractivity contribution in [1.29, 1.82) is 0 Å². The van der Waals surface area contributed by atoms with E-state index in [0.717, 1.165) is 17.5 Å². The van der Waals surface area contributed by atoms with Gasteiger partial charge >= 0.3 is 0 Å². The van der Waals surface area contributed by atoms with Gasteiger partial charge in [0.05, 0.1) is 5.75 Å². The molecule has 18 heavy (non-hydrogen) atoms. The number of sulfonamides is 1. The van der Waals surface area contributed by atoms with Gasteiger partial charge in [-0.2, -0.15) is 0 Å². The first-order valence-corrected chi connectivity index (χ1v) is 8.26. The lowest BCUT2D eigenvalue weighted by molar-refractivity contribution is 0.564. The minimum absolute atomic E-state index is 0.135. The third-order valence-electron chi connectivity index (χ3n) is 2.73. The van der Waals surface area contributed by atoms with Crippen LogP contribution in [0, 0.1) is 6.92 Å². The van der Waals surface area contributed by atoms with Crippen molar-refractivity contribution in [2.45, 2.75) is 32.7 Å². The Balaban J connectivity index is 2.58. The summed E-state index contributed by atoms with van der Waals surface area (Å²) in [7, 11) is -3.22. The number of benzene rings is 1. The molecular weight excluding hydrogens is 270 g/mol. The number of alkyl halides is 1. The number of hydrogen-bond acceptors (Lipinski definition) is 2. The van der Waals surface area contributed by atoms with Crippen LogP contribution in [0.2, 0.25) is 0 Å². The van der Waals surface area contributed by atoms with E-state index in [9.17, 15) is 8.42 Å². The smallest absolute Gasteiger partial charge is 0.212 e. The number of aryl methyl sites for hydroxylation is 1. The molecule has 0 aliphatic heterocycles. The summed E-state index contributed by atoms with van der Waals surface area (Å²) in [5.74, 6) is 0.638. The summed E-state index contributed by atoms with van der Waals surface area (Å²) < 4.78 is 26.3. The maximum Gasteiger partial charge on any atom is 0.212 e. The maximum atomic E-state index is 11.8. The molecule has 0 saturated heterocycles. The molecule has 0 radical (unpaired) electrons. The van der Waals surface area contributed by atoms with Crippen LogP contribution in [-0.4, -0.2) is 20.1 Å². The van der Waals surface area contributed by atoms with E-state index in [-0.39, 0.29) is 11.8 Å². The molecule has 1 N–H and O–H groups in total. The first-order chi connectivity index (χ1) is 8.44. The summed E-state index contributed by atoms with van der Waals surface area (Å²) in [6.45, 7) is 3.86. The molecule has 5 heteroatoms. The van der Waals surface area contributed by atoms with Gasteiger partial charge in [-0.3, -0.25) is 0 Å². The van der Waals surface area contributed by atoms with Gasteiger partial charge in [0.15, 0.2) is 0 Å². The Morgan fingerprint density at radius 3 is 2.39 bits per heavy atom. The lowest BCUT2D eigenvalue weighted by Gasteiger charge is -2.14. The number of unbranched alkanes of at least 4 members (excludes halogenated alkanes) is 1. The van der Waals surface area contributed by atoms with Crippen LogP contribution < -0.4 is 4.72 Å². The first-order valence-electron chi connectivity index (χ1n) is 6.07. The predicted molar refractivity (Wildman–Crippen MR) is 76.5 cm³/mol. The van der Waals surface area contributed by atoms with E-state index < -0.39 is 10.0 Å². The minimum atomic E-state index is -3.22. The van der Waals surface area contributed by atoms with E-state index >= 15 is 0 Å². The van der Waals surface area contributed by atoms with Crippen molar-refractivity contribution in [3.05, 3.63) is 35.4 Å². The molecule has 1 aromatic rings. The van der Waals surface area contributed by atoms with E-state index in [1.165, 1.54) is 0 Å². The van der Waals surface area contributed by atoms with Crippen LogP contribution in [0.1, 0.15) is 36.9 Å². The zero-order chi connectivity index (χ0) is 13.6. The van der Waals surface area contributed by atoms with Gasteiger partial charge < -0.3 is 0 Å². The molecule has 0 fully saturated rings. The molecule has 102 valence electrons. The largest absolute Gasteiger partial charge is 0.212 e. The van der Waals surface area contributed by atoms with Crippen LogP contribution in [-0.2, 0) is 10.0 Å². The average Bonchev–Trinajstić information content (AvgIpc) is 2.29. The second-order valence-corrected chi connectivity index (χ2v) is 6.72. The summed E-state index contributed by atoms with van der Waals surface area (Å²) in [5, 5.41) is 0. The lowest BCUT2D eigenvalue weighted by Crippen LogP contribution is -2.29. The summed E-state index contributed by atoms with van der Waals surface area (Å²) in [5.41, 5.74) is 2.14. The van der Waals surface area contributed by atoms with E-state index in [2.05, 4.69) is 4.72 Å². The van der Waals surface area contributed by atoms with Gasteiger partial charge in [-0.15, -0.1) is 11.6 Å². The average molecular weight is 290 g/mol.